The van der Waals surface area contributed by atoms with Crippen LogP contribution in [-0.4, -0.2) is 124 Å². The third kappa shape index (κ3) is 31.8. The number of aromatic nitrogens is 3. The zero-order chi connectivity index (χ0) is 52.2. The van der Waals surface area contributed by atoms with Crippen molar-refractivity contribution in [2.24, 2.45) is 28.1 Å². The van der Waals surface area contributed by atoms with E-state index in [2.05, 4.69) is 106 Å². The molecule has 70 heavy (non-hydrogen) atoms. The number of carbonyl (C=O) groups excluding carboxylic acids is 4. The Balaban J connectivity index is 1.88. The highest BCUT2D eigenvalue weighted by Crippen LogP contribution is 2.27. The van der Waals surface area contributed by atoms with Crippen molar-refractivity contribution in [1.29, 1.82) is 0 Å². The number of nitrogens with zero attached hydrogens (tertiary/aromatic N) is 4. The Labute approximate surface area is 426 Å². The van der Waals surface area contributed by atoms with Crippen molar-refractivity contribution in [3.63, 3.8) is 0 Å². The maximum absolute atomic E-state index is 13.9. The SMILES string of the molecule is C=C(NCc1cn(CCOCCOCCOCCC(C)(C)C)nn1)OCc1ccc(NC(=O)[C@H](CCCNC(N)=O)CC(=O)[C@H](CC(C)C)NC(=O)CON=C(CSC(C)(C)C)CSC(C)(C)C)cc1. The fourth-order valence-electron chi connectivity index (χ4n) is 6.07. The number of hydrogen-bond acceptors (Lipinski definition) is 15. The molecular weight excluding hydrogens is 935 g/mol. The summed E-state index contributed by atoms with van der Waals surface area (Å²) in [5.74, 6) is -0.140. The van der Waals surface area contributed by atoms with Gasteiger partial charge >= 0.3 is 6.03 Å². The number of urea groups is 1. The summed E-state index contributed by atoms with van der Waals surface area (Å²) < 4.78 is 24.4. The van der Waals surface area contributed by atoms with Crippen LogP contribution >= 0.6 is 23.5 Å². The smallest absolute Gasteiger partial charge is 0.312 e. The van der Waals surface area contributed by atoms with Gasteiger partial charge in [0.15, 0.2) is 18.3 Å². The summed E-state index contributed by atoms with van der Waals surface area (Å²) in [4.78, 5) is 57.7. The Morgan fingerprint density at radius 3 is 2.06 bits per heavy atom. The number of rotatable bonds is 36. The Morgan fingerprint density at radius 2 is 1.47 bits per heavy atom. The second-order valence-corrected chi connectivity index (χ2v) is 24.3. The van der Waals surface area contributed by atoms with Gasteiger partial charge in [-0.3, -0.25) is 14.4 Å². The fourth-order valence-corrected chi connectivity index (χ4v) is 7.71. The van der Waals surface area contributed by atoms with Crippen molar-refractivity contribution in [3.05, 3.63) is 54.2 Å². The second kappa shape index (κ2) is 32.6. The summed E-state index contributed by atoms with van der Waals surface area (Å²) >= 11 is 3.50. The molecule has 1 aromatic carbocycles. The number of thioether (sulfide) groups is 2. The van der Waals surface area contributed by atoms with Crippen LogP contribution in [0.4, 0.5) is 10.5 Å². The van der Waals surface area contributed by atoms with Crippen LogP contribution < -0.4 is 27.0 Å². The molecule has 0 saturated carbocycles. The third-order valence-electron chi connectivity index (χ3n) is 9.90. The van der Waals surface area contributed by atoms with Gasteiger partial charge in [0.1, 0.15) is 12.3 Å². The zero-order valence-electron chi connectivity index (χ0n) is 43.9. The predicted molar refractivity (Wildman–Crippen MR) is 282 cm³/mol. The van der Waals surface area contributed by atoms with Crippen LogP contribution in [0.3, 0.4) is 0 Å². The van der Waals surface area contributed by atoms with E-state index in [4.69, 9.17) is 29.5 Å². The van der Waals surface area contributed by atoms with Crippen molar-refractivity contribution < 1.29 is 43.0 Å². The number of nitrogens with one attached hydrogen (secondary N) is 4. The van der Waals surface area contributed by atoms with Crippen molar-refractivity contribution in [3.8, 4) is 0 Å². The standard InChI is InChI=1S/C50H85N9O9S2/c1-36(2)28-43(55-45(61)33-68-57-42(34-69-49(7,8)9)35-70-50(10,11)12)44(60)29-39(14-13-20-52-47(51)63)46(62)54-40-17-15-38(16-18-40)32-67-37(3)53-30-41-31-59(58-56-41)21-23-65-25-27-66-26-24-64-22-19-48(4,5)6/h15-18,31,36,39,43,53H,3,13-14,19-30,32-35H2,1-2,4-12H3,(H,54,62)(H,55,61)(H3,51,52,63)/t39-,43+/m1/s1. The van der Waals surface area contributed by atoms with Gasteiger partial charge in [0.05, 0.1) is 64.1 Å². The lowest BCUT2D eigenvalue weighted by Gasteiger charge is -2.23. The van der Waals surface area contributed by atoms with Gasteiger partial charge in [-0.1, -0.05) is 98.7 Å². The van der Waals surface area contributed by atoms with Crippen LogP contribution in [0.1, 0.15) is 120 Å². The van der Waals surface area contributed by atoms with E-state index in [-0.39, 0.29) is 65.1 Å². The molecule has 0 radical (unpaired) electrons. The second-order valence-electron chi connectivity index (χ2n) is 20.7. The molecule has 0 aliphatic carbocycles. The average Bonchev–Trinajstić information content (AvgIpc) is 3.72. The molecule has 0 spiro atoms. The molecule has 18 nitrogen and oxygen atoms in total. The molecule has 0 unspecified atom stereocenters. The Hall–Kier alpha value is -4.37. The molecule has 4 amide bonds. The van der Waals surface area contributed by atoms with Crippen LogP contribution in [0.2, 0.25) is 0 Å². The molecule has 0 fully saturated rings. The molecule has 0 bridgehead atoms. The van der Waals surface area contributed by atoms with E-state index in [0.29, 0.717) is 87.7 Å². The van der Waals surface area contributed by atoms with Gasteiger partial charge in [-0.15, -0.1) is 28.6 Å². The number of oxime groups is 1. The van der Waals surface area contributed by atoms with E-state index in [9.17, 15) is 19.2 Å². The summed E-state index contributed by atoms with van der Waals surface area (Å²) in [5, 5.41) is 24.1. The molecule has 396 valence electrons. The lowest BCUT2D eigenvalue weighted by molar-refractivity contribution is -0.132. The number of amides is 4. The molecule has 1 aromatic heterocycles. The Morgan fingerprint density at radius 1 is 0.857 bits per heavy atom. The Kier molecular flexibility index (Phi) is 28.7. The quantitative estimate of drug-likeness (QED) is 0.0193. The van der Waals surface area contributed by atoms with E-state index in [1.165, 1.54) is 0 Å². The summed E-state index contributed by atoms with van der Waals surface area (Å²) in [7, 11) is 0. The molecule has 0 saturated heterocycles. The van der Waals surface area contributed by atoms with Gasteiger partial charge in [-0.05, 0) is 61.3 Å². The summed E-state index contributed by atoms with van der Waals surface area (Å²) in [6.07, 6.45) is 3.77. The summed E-state index contributed by atoms with van der Waals surface area (Å²) in [6.45, 7) is 31.6. The fraction of sp³-hybridized carbons (Fsp3) is 0.700. The number of carbonyl (C=O) groups is 4. The van der Waals surface area contributed by atoms with Crippen LogP contribution in [0, 0.1) is 17.3 Å². The molecule has 0 aliphatic heterocycles. The highest BCUT2D eigenvalue weighted by Gasteiger charge is 2.29. The van der Waals surface area contributed by atoms with Crippen molar-refractivity contribution in [2.75, 3.05) is 69.6 Å². The van der Waals surface area contributed by atoms with E-state index < -0.39 is 23.9 Å². The highest BCUT2D eigenvalue weighted by atomic mass is 32.2. The average molecular weight is 1020 g/mol. The number of benzene rings is 1. The van der Waals surface area contributed by atoms with Crippen LogP contribution in [0.15, 0.2) is 48.1 Å². The van der Waals surface area contributed by atoms with Gasteiger partial charge in [-0.25, -0.2) is 9.48 Å². The lowest BCUT2D eigenvalue weighted by Crippen LogP contribution is -2.44. The maximum atomic E-state index is 13.9. The Bertz CT molecular complexity index is 1870. The number of Topliss-reactive ketones (excluding diaryl/α,β-unsaturated/α-hetero) is 1. The van der Waals surface area contributed by atoms with Crippen molar-refractivity contribution in [2.45, 2.75) is 143 Å². The van der Waals surface area contributed by atoms with E-state index >= 15 is 0 Å². The molecule has 20 heteroatoms. The zero-order valence-corrected chi connectivity index (χ0v) is 45.5. The minimum atomic E-state index is -0.842. The first-order valence-corrected chi connectivity index (χ1v) is 26.2. The molecule has 6 N–H and O–H groups in total. The number of ketones is 1. The van der Waals surface area contributed by atoms with Crippen molar-refractivity contribution >= 4 is 58.6 Å². The number of ether oxygens (including phenoxy) is 4. The molecule has 2 rings (SSSR count). The first kappa shape index (κ1) is 61.7. The summed E-state index contributed by atoms with van der Waals surface area (Å²) in [5.41, 5.74) is 8.42. The normalized spacial score (nSPS) is 12.7. The van der Waals surface area contributed by atoms with E-state index in [1.807, 2.05) is 32.2 Å². The number of nitrogens with two attached hydrogens (primary N) is 1. The van der Waals surface area contributed by atoms with Gasteiger partial charge < -0.3 is 50.8 Å². The van der Waals surface area contributed by atoms with Crippen LogP contribution in [0.5, 0.6) is 0 Å². The van der Waals surface area contributed by atoms with Gasteiger partial charge in [-0.2, -0.15) is 0 Å². The summed E-state index contributed by atoms with van der Waals surface area (Å²) in [6, 6.07) is 5.62. The molecule has 2 aromatic rings. The minimum Gasteiger partial charge on any atom is -0.475 e. The van der Waals surface area contributed by atoms with Gasteiger partial charge in [0.25, 0.3) is 5.91 Å². The number of anilines is 1. The lowest BCUT2D eigenvalue weighted by atomic mass is 9.90. The monoisotopic (exact) mass is 1020 g/mol. The highest BCUT2D eigenvalue weighted by molar-refractivity contribution is 8.02. The van der Waals surface area contributed by atoms with Crippen LogP contribution in [0.25, 0.3) is 0 Å². The molecule has 1 heterocycles. The van der Waals surface area contributed by atoms with Gasteiger partial charge in [0.2, 0.25) is 5.91 Å². The predicted octanol–water partition coefficient (Wildman–Crippen LogP) is 7.47. The van der Waals surface area contributed by atoms with E-state index in [1.54, 1.807) is 40.3 Å². The van der Waals surface area contributed by atoms with Crippen molar-refractivity contribution in [1.82, 2.24) is 30.9 Å². The largest absolute Gasteiger partial charge is 0.475 e. The number of primary amides is 1. The number of hydrogen-bond donors (Lipinski definition) is 5. The maximum Gasteiger partial charge on any atom is 0.312 e. The molecular formula is C50H85N9O9S2. The molecule has 2 atom stereocenters. The third-order valence-corrected chi connectivity index (χ3v) is 12.6. The van der Waals surface area contributed by atoms with E-state index in [0.717, 1.165) is 24.3 Å². The minimum absolute atomic E-state index is 0.0295. The van der Waals surface area contributed by atoms with Crippen LogP contribution in [-0.2, 0) is 57.9 Å². The topological polar surface area (TPSA) is 232 Å². The van der Waals surface area contributed by atoms with Gasteiger partial charge in [0, 0.05) is 52.2 Å². The first-order valence-electron chi connectivity index (χ1n) is 24.3. The molecule has 0 aliphatic rings. The first-order chi connectivity index (χ1) is 32.9.